The number of hydrogen-bond acceptors (Lipinski definition) is 5. The van der Waals surface area contributed by atoms with Crippen molar-refractivity contribution in [3.8, 4) is 0 Å². The van der Waals surface area contributed by atoms with Gasteiger partial charge in [-0.15, -0.1) is 0 Å². The zero-order valence-electron chi connectivity index (χ0n) is 16.4. The summed E-state index contributed by atoms with van der Waals surface area (Å²) in [6.45, 7) is 2.40. The van der Waals surface area contributed by atoms with Crippen LogP contribution in [0.25, 0.3) is 10.9 Å². The number of Topliss-reactive ketones (excluding diaryl/α,β-unsaturated/α-hetero) is 1. The molecule has 0 aliphatic rings. The highest BCUT2D eigenvalue weighted by atomic mass is 16.5. The number of benzene rings is 2. The van der Waals surface area contributed by atoms with Gasteiger partial charge in [-0.2, -0.15) is 0 Å². The van der Waals surface area contributed by atoms with Gasteiger partial charge in [-0.25, -0.2) is 0 Å². The van der Waals surface area contributed by atoms with Crippen LogP contribution in [-0.4, -0.2) is 35.9 Å². The molecule has 7 heteroatoms. The summed E-state index contributed by atoms with van der Waals surface area (Å²) in [5.41, 5.74) is 8.76. The van der Waals surface area contributed by atoms with Gasteiger partial charge in [-0.1, -0.05) is 43.3 Å². The number of fused-ring (bicyclic) bond motifs is 1. The Bertz CT molecular complexity index is 1070. The molecule has 0 unspecified atom stereocenters. The largest absolute Gasteiger partial charge is 0.468 e. The summed E-state index contributed by atoms with van der Waals surface area (Å²) in [5, 5.41) is 3.59. The summed E-state index contributed by atoms with van der Waals surface area (Å²) in [6.07, 6.45) is 0.534. The molecule has 0 atom stereocenters. The first-order valence-corrected chi connectivity index (χ1v) is 9.30. The van der Waals surface area contributed by atoms with Crippen LogP contribution in [0.5, 0.6) is 0 Å². The highest BCUT2D eigenvalue weighted by molar-refractivity contribution is 6.45. The Morgan fingerprint density at radius 2 is 1.79 bits per heavy atom. The zero-order valence-corrected chi connectivity index (χ0v) is 16.4. The molecule has 0 saturated carbocycles. The molecule has 3 rings (SSSR count). The smallest absolute Gasteiger partial charge is 0.325 e. The van der Waals surface area contributed by atoms with Crippen LogP contribution >= 0.6 is 0 Å². The summed E-state index contributed by atoms with van der Waals surface area (Å²) in [6, 6.07) is 15.3. The molecule has 7 nitrogen and oxygen atoms in total. The lowest BCUT2D eigenvalue weighted by molar-refractivity contribution is -0.138. The highest BCUT2D eigenvalue weighted by Gasteiger charge is 2.26. The van der Waals surface area contributed by atoms with E-state index in [0.717, 1.165) is 16.8 Å². The number of primary amides is 1. The van der Waals surface area contributed by atoms with Crippen LogP contribution in [0.15, 0.2) is 48.5 Å². The predicted molar refractivity (Wildman–Crippen MR) is 111 cm³/mol. The van der Waals surface area contributed by atoms with Crippen LogP contribution in [0, 0.1) is 0 Å². The van der Waals surface area contributed by atoms with Gasteiger partial charge in [0, 0.05) is 23.3 Å². The molecule has 3 N–H and O–H groups in total. The van der Waals surface area contributed by atoms with Crippen molar-refractivity contribution >= 4 is 34.3 Å². The van der Waals surface area contributed by atoms with Crippen LogP contribution < -0.4 is 11.1 Å². The number of nitrogens with two attached hydrogens (primary N) is 1. The first-order valence-electron chi connectivity index (χ1n) is 9.30. The van der Waals surface area contributed by atoms with Crippen LogP contribution in [-0.2, 0) is 27.3 Å². The topological polar surface area (TPSA) is 103 Å². The molecule has 1 amide bonds. The number of carbonyl (C=O) groups is 3. The maximum Gasteiger partial charge on any atom is 0.325 e. The summed E-state index contributed by atoms with van der Waals surface area (Å²) in [4.78, 5) is 36.1. The minimum atomic E-state index is -1.01. The number of anilines is 1. The number of nitrogens with one attached hydrogen (secondary N) is 1. The molecule has 0 radical (unpaired) electrons. The van der Waals surface area contributed by atoms with Crippen molar-refractivity contribution in [2.24, 2.45) is 5.73 Å². The van der Waals surface area contributed by atoms with Gasteiger partial charge < -0.3 is 20.4 Å². The maximum absolute atomic E-state index is 12.7. The molecule has 150 valence electrons. The number of esters is 1. The number of amides is 1. The predicted octanol–water partition coefficient (Wildman–Crippen LogP) is 2.50. The second-order valence-electron chi connectivity index (χ2n) is 6.57. The fourth-order valence-electron chi connectivity index (χ4n) is 3.52. The fourth-order valence-corrected chi connectivity index (χ4v) is 3.52. The van der Waals surface area contributed by atoms with Crippen LogP contribution in [0.2, 0.25) is 0 Å². The Hall–Kier alpha value is -3.61. The number of methoxy groups -OCH3 is 1. The minimum absolute atomic E-state index is 0.0643. The third-order valence-corrected chi connectivity index (χ3v) is 4.82. The van der Waals surface area contributed by atoms with Crippen molar-refractivity contribution in [1.29, 1.82) is 0 Å². The van der Waals surface area contributed by atoms with Crippen LogP contribution in [0.1, 0.15) is 28.5 Å². The van der Waals surface area contributed by atoms with Gasteiger partial charge in [0.05, 0.1) is 18.2 Å². The van der Waals surface area contributed by atoms with Crippen LogP contribution in [0.4, 0.5) is 5.69 Å². The first kappa shape index (κ1) is 20.1. The molecule has 0 aliphatic carbocycles. The highest BCUT2D eigenvalue weighted by Crippen LogP contribution is 2.34. The van der Waals surface area contributed by atoms with Gasteiger partial charge in [0.2, 0.25) is 0 Å². The molecule has 0 spiro atoms. The van der Waals surface area contributed by atoms with E-state index >= 15 is 0 Å². The molecule has 3 aromatic rings. The van der Waals surface area contributed by atoms with E-state index in [4.69, 9.17) is 5.73 Å². The Morgan fingerprint density at radius 3 is 2.41 bits per heavy atom. The minimum Gasteiger partial charge on any atom is -0.468 e. The third kappa shape index (κ3) is 3.99. The SMILES string of the molecule is CCc1c(C(=O)C(N)=O)c2c(NCC(=O)OC)cccc2n1Cc1ccccc1. The summed E-state index contributed by atoms with van der Waals surface area (Å²) in [7, 11) is 1.30. The quantitative estimate of drug-likeness (QED) is 0.348. The number of aromatic nitrogens is 1. The lowest BCUT2D eigenvalue weighted by Crippen LogP contribution is -2.24. The first-order chi connectivity index (χ1) is 14.0. The second kappa shape index (κ2) is 8.60. The van der Waals surface area contributed by atoms with Gasteiger partial charge >= 0.3 is 5.97 Å². The molecule has 0 aliphatic heterocycles. The number of ether oxygens (including phenoxy) is 1. The number of ketones is 1. The van der Waals surface area contributed by atoms with Gasteiger partial charge in [-0.05, 0) is 24.1 Å². The Kier molecular flexibility index (Phi) is 5.97. The third-order valence-electron chi connectivity index (χ3n) is 4.82. The number of rotatable bonds is 8. The van der Waals surface area contributed by atoms with E-state index in [1.165, 1.54) is 7.11 Å². The van der Waals surface area contributed by atoms with Crippen molar-refractivity contribution in [3.63, 3.8) is 0 Å². The molecule has 0 fully saturated rings. The van der Waals surface area contributed by atoms with E-state index in [1.54, 1.807) is 6.07 Å². The van der Waals surface area contributed by atoms with E-state index in [1.807, 2.05) is 54.0 Å². The zero-order chi connectivity index (χ0) is 21.0. The second-order valence-corrected chi connectivity index (χ2v) is 6.57. The number of hydrogen-bond donors (Lipinski definition) is 2. The fraction of sp³-hybridized carbons (Fsp3) is 0.227. The Morgan fingerprint density at radius 1 is 1.07 bits per heavy atom. The van der Waals surface area contributed by atoms with Gasteiger partial charge in [-0.3, -0.25) is 14.4 Å². The summed E-state index contributed by atoms with van der Waals surface area (Å²) in [5.74, 6) is -2.20. The molecule has 0 bridgehead atoms. The average molecular weight is 393 g/mol. The normalized spacial score (nSPS) is 10.7. The molecule has 29 heavy (non-hydrogen) atoms. The molecule has 1 heterocycles. The molecular formula is C22H23N3O4. The summed E-state index contributed by atoms with van der Waals surface area (Å²) < 4.78 is 6.70. The molecule has 1 aromatic heterocycles. The standard InChI is InChI=1S/C22H23N3O4/c1-3-16-20(21(27)22(23)28)19-15(24-12-18(26)29-2)10-7-11-17(19)25(16)13-14-8-5-4-6-9-14/h4-11,24H,3,12-13H2,1-2H3,(H2,23,28). The lowest BCUT2D eigenvalue weighted by Gasteiger charge is -2.11. The van der Waals surface area contributed by atoms with E-state index in [9.17, 15) is 14.4 Å². The molecular weight excluding hydrogens is 370 g/mol. The van der Waals surface area contributed by atoms with E-state index in [2.05, 4.69) is 10.1 Å². The number of carbonyl (C=O) groups excluding carboxylic acids is 3. The van der Waals surface area contributed by atoms with Crippen molar-refractivity contribution in [2.45, 2.75) is 19.9 Å². The van der Waals surface area contributed by atoms with Crippen LogP contribution in [0.3, 0.4) is 0 Å². The van der Waals surface area contributed by atoms with Gasteiger partial charge in [0.25, 0.3) is 11.7 Å². The summed E-state index contributed by atoms with van der Waals surface area (Å²) >= 11 is 0. The van der Waals surface area contributed by atoms with Crippen molar-refractivity contribution in [2.75, 3.05) is 19.0 Å². The van der Waals surface area contributed by atoms with Crippen molar-refractivity contribution in [1.82, 2.24) is 4.57 Å². The number of nitrogens with zero attached hydrogens (tertiary/aromatic N) is 1. The monoisotopic (exact) mass is 393 g/mol. The molecule has 2 aromatic carbocycles. The van der Waals surface area contributed by atoms with Crippen molar-refractivity contribution in [3.05, 3.63) is 65.4 Å². The van der Waals surface area contributed by atoms with Crippen molar-refractivity contribution < 1.29 is 19.1 Å². The Labute approximate surface area is 168 Å². The van der Waals surface area contributed by atoms with E-state index in [-0.39, 0.29) is 12.1 Å². The van der Waals surface area contributed by atoms with E-state index < -0.39 is 17.7 Å². The van der Waals surface area contributed by atoms with Gasteiger partial charge in [0.1, 0.15) is 6.54 Å². The molecule has 0 saturated heterocycles. The van der Waals surface area contributed by atoms with E-state index in [0.29, 0.717) is 24.0 Å². The lowest BCUT2D eigenvalue weighted by atomic mass is 10.0. The maximum atomic E-state index is 12.7. The van der Waals surface area contributed by atoms with Gasteiger partial charge in [0.15, 0.2) is 0 Å². The average Bonchev–Trinajstić information content (AvgIpc) is 3.05. The Balaban J connectivity index is 2.23.